The van der Waals surface area contributed by atoms with E-state index in [4.69, 9.17) is 4.74 Å². The van der Waals surface area contributed by atoms with Gasteiger partial charge in [-0.25, -0.2) is 0 Å². The zero-order chi connectivity index (χ0) is 17.6. The van der Waals surface area contributed by atoms with Crippen LogP contribution in [0.1, 0.15) is 65.5 Å². The molecule has 0 saturated carbocycles. The zero-order valence-electron chi connectivity index (χ0n) is 15.5. The third-order valence-corrected chi connectivity index (χ3v) is 5.31. The van der Waals surface area contributed by atoms with Gasteiger partial charge in [-0.2, -0.15) is 0 Å². The molecule has 0 aliphatic carbocycles. The van der Waals surface area contributed by atoms with Crippen LogP contribution in [0.2, 0.25) is 0 Å². The van der Waals surface area contributed by atoms with E-state index in [2.05, 4.69) is 65.1 Å². The van der Waals surface area contributed by atoms with Crippen LogP contribution in [-0.4, -0.2) is 5.60 Å². The fourth-order valence-corrected chi connectivity index (χ4v) is 2.80. The van der Waals surface area contributed by atoms with Crippen molar-refractivity contribution in [1.29, 1.82) is 0 Å². The molecule has 0 unspecified atom stereocenters. The zero-order valence-corrected chi connectivity index (χ0v) is 16.3. The van der Waals surface area contributed by atoms with Crippen molar-refractivity contribution < 1.29 is 4.74 Å². The Morgan fingerprint density at radius 2 is 1.70 bits per heavy atom. The molecule has 0 fully saturated rings. The predicted molar refractivity (Wildman–Crippen MR) is 107 cm³/mol. The van der Waals surface area contributed by atoms with Crippen molar-refractivity contribution in [3.8, 4) is 5.75 Å². The summed E-state index contributed by atoms with van der Waals surface area (Å²) >= 11 is 1.69. The van der Waals surface area contributed by atoms with Crippen molar-refractivity contribution in [2.75, 3.05) is 0 Å². The first-order valence-corrected chi connectivity index (χ1v) is 9.06. The Morgan fingerprint density at radius 1 is 1.13 bits per heavy atom. The number of hydrogen-bond donors (Lipinski definition) is 0. The molecule has 23 heavy (non-hydrogen) atoms. The summed E-state index contributed by atoms with van der Waals surface area (Å²) in [5.41, 5.74) is 3.10. The standard InChI is InChI=1S/C21H30OS/c1-9-16(6)23-17(7)19-12-18(15(4)5)13-20(14-19)22-21(8,10-2)11-3/h9,12-14H,4,7,10-11H2,1-3,5-6,8H3/b16-9-. The first-order valence-electron chi connectivity index (χ1n) is 8.24. The molecule has 0 heterocycles. The van der Waals surface area contributed by atoms with Crippen LogP contribution in [0, 0.1) is 0 Å². The molecule has 1 aromatic carbocycles. The Hall–Kier alpha value is -1.41. The van der Waals surface area contributed by atoms with Gasteiger partial charge in [-0.1, -0.05) is 50.4 Å². The molecule has 0 saturated heterocycles. The second-order valence-corrected chi connectivity index (χ2v) is 7.55. The maximum Gasteiger partial charge on any atom is 0.121 e. The quantitative estimate of drug-likeness (QED) is 0.494. The predicted octanol–water partition coefficient (Wildman–Crippen LogP) is 7.30. The van der Waals surface area contributed by atoms with Crippen molar-refractivity contribution in [2.45, 2.75) is 60.0 Å². The molecular weight excluding hydrogens is 300 g/mol. The van der Waals surface area contributed by atoms with Gasteiger partial charge in [0.05, 0.1) is 0 Å². The molecule has 2 heteroatoms. The maximum absolute atomic E-state index is 6.31. The largest absolute Gasteiger partial charge is 0.488 e. The molecular formula is C21H30OS. The Morgan fingerprint density at radius 3 is 2.17 bits per heavy atom. The Balaban J connectivity index is 3.22. The van der Waals surface area contributed by atoms with Crippen LogP contribution >= 0.6 is 11.8 Å². The summed E-state index contributed by atoms with van der Waals surface area (Å²) in [6.07, 6.45) is 4.05. The van der Waals surface area contributed by atoms with E-state index < -0.39 is 0 Å². The van der Waals surface area contributed by atoms with Crippen molar-refractivity contribution in [1.82, 2.24) is 0 Å². The van der Waals surface area contributed by atoms with Crippen molar-refractivity contribution in [3.05, 3.63) is 53.5 Å². The molecule has 0 N–H and O–H groups in total. The van der Waals surface area contributed by atoms with E-state index >= 15 is 0 Å². The summed E-state index contributed by atoms with van der Waals surface area (Å²) in [5, 5.41) is 0. The van der Waals surface area contributed by atoms with Crippen LogP contribution in [0.5, 0.6) is 5.75 Å². The van der Waals surface area contributed by atoms with E-state index in [-0.39, 0.29) is 5.60 Å². The van der Waals surface area contributed by atoms with Gasteiger partial charge in [0.15, 0.2) is 0 Å². The van der Waals surface area contributed by atoms with Gasteiger partial charge in [-0.05, 0) is 74.8 Å². The van der Waals surface area contributed by atoms with Crippen LogP contribution in [0.4, 0.5) is 0 Å². The molecule has 0 amide bonds. The van der Waals surface area contributed by atoms with Crippen LogP contribution < -0.4 is 4.74 Å². The molecule has 1 nitrogen and oxygen atoms in total. The Bertz CT molecular complexity index is 606. The first-order chi connectivity index (χ1) is 10.7. The topological polar surface area (TPSA) is 9.23 Å². The summed E-state index contributed by atoms with van der Waals surface area (Å²) < 4.78 is 6.31. The molecule has 0 radical (unpaired) electrons. The van der Waals surface area contributed by atoms with Gasteiger partial charge in [-0.15, -0.1) is 0 Å². The van der Waals surface area contributed by atoms with Crippen LogP contribution in [0.25, 0.3) is 10.5 Å². The highest BCUT2D eigenvalue weighted by Gasteiger charge is 2.22. The Labute approximate surface area is 146 Å². The lowest BCUT2D eigenvalue weighted by Gasteiger charge is -2.29. The number of thioether (sulfide) groups is 1. The normalized spacial score (nSPS) is 12.2. The van der Waals surface area contributed by atoms with Crippen LogP contribution in [-0.2, 0) is 0 Å². The highest BCUT2D eigenvalue weighted by atomic mass is 32.2. The van der Waals surface area contributed by atoms with Crippen LogP contribution in [0.3, 0.4) is 0 Å². The lowest BCUT2D eigenvalue weighted by molar-refractivity contribution is 0.0802. The lowest BCUT2D eigenvalue weighted by atomic mass is 9.99. The molecule has 0 aliphatic rings. The minimum atomic E-state index is -0.140. The van der Waals surface area contributed by atoms with Gasteiger partial charge < -0.3 is 4.74 Å². The van der Waals surface area contributed by atoms with Crippen LogP contribution in [0.15, 0.2) is 42.3 Å². The summed E-state index contributed by atoms with van der Waals surface area (Å²) in [6, 6.07) is 6.31. The van der Waals surface area contributed by atoms with Crippen molar-refractivity contribution in [3.63, 3.8) is 0 Å². The minimum absolute atomic E-state index is 0.140. The molecule has 1 aromatic rings. The van der Waals surface area contributed by atoms with E-state index in [1.165, 1.54) is 4.91 Å². The van der Waals surface area contributed by atoms with E-state index in [0.717, 1.165) is 40.2 Å². The molecule has 1 rings (SSSR count). The third kappa shape index (κ3) is 5.62. The van der Waals surface area contributed by atoms with Crippen molar-refractivity contribution in [2.24, 2.45) is 0 Å². The number of allylic oxidation sites excluding steroid dienone is 3. The van der Waals surface area contributed by atoms with E-state index in [1.54, 1.807) is 11.8 Å². The summed E-state index contributed by atoms with van der Waals surface area (Å²) in [5.74, 6) is 0.895. The lowest BCUT2D eigenvalue weighted by Crippen LogP contribution is -2.30. The monoisotopic (exact) mass is 330 g/mol. The second-order valence-electron chi connectivity index (χ2n) is 6.21. The second kappa shape index (κ2) is 8.44. The average molecular weight is 331 g/mol. The highest BCUT2D eigenvalue weighted by Crippen LogP contribution is 2.36. The SMILES string of the molecule is C=C(C)c1cc(OC(C)(CC)CC)cc(C(=C)S/C(C)=C\C)c1. The van der Waals surface area contributed by atoms with Gasteiger partial charge in [-0.3, -0.25) is 0 Å². The summed E-state index contributed by atoms with van der Waals surface area (Å²) in [7, 11) is 0. The first kappa shape index (κ1) is 19.6. The number of hydrogen-bond acceptors (Lipinski definition) is 2. The van der Waals surface area contributed by atoms with Gasteiger partial charge in [0.2, 0.25) is 0 Å². The molecule has 0 aromatic heterocycles. The smallest absolute Gasteiger partial charge is 0.121 e. The van der Waals surface area contributed by atoms with Gasteiger partial charge in [0.25, 0.3) is 0 Å². The number of ether oxygens (including phenoxy) is 1. The summed E-state index contributed by atoms with van der Waals surface area (Å²) in [4.78, 5) is 2.27. The maximum atomic E-state index is 6.31. The van der Waals surface area contributed by atoms with E-state index in [0.29, 0.717) is 0 Å². The highest BCUT2D eigenvalue weighted by molar-refractivity contribution is 8.11. The molecule has 0 spiro atoms. The van der Waals surface area contributed by atoms with Gasteiger partial charge >= 0.3 is 0 Å². The van der Waals surface area contributed by atoms with E-state index in [9.17, 15) is 0 Å². The summed E-state index contributed by atoms with van der Waals surface area (Å²) in [6.45, 7) is 21.0. The van der Waals surface area contributed by atoms with Crippen molar-refractivity contribution >= 4 is 22.2 Å². The molecule has 126 valence electrons. The average Bonchev–Trinajstić information content (AvgIpc) is 2.53. The molecule has 0 atom stereocenters. The fourth-order valence-electron chi connectivity index (χ4n) is 2.06. The molecule has 0 bridgehead atoms. The minimum Gasteiger partial charge on any atom is -0.488 e. The van der Waals surface area contributed by atoms with E-state index in [1.807, 2.05) is 13.8 Å². The Kier molecular flexibility index (Phi) is 7.21. The number of benzene rings is 1. The number of rotatable bonds is 8. The fraction of sp³-hybridized carbons (Fsp3) is 0.429. The van der Waals surface area contributed by atoms with Gasteiger partial charge in [0, 0.05) is 4.91 Å². The third-order valence-electron chi connectivity index (χ3n) is 4.27. The van der Waals surface area contributed by atoms with Gasteiger partial charge in [0.1, 0.15) is 11.4 Å². The molecule has 0 aliphatic heterocycles.